The highest BCUT2D eigenvalue weighted by atomic mass is 32.2. The number of nitrogens with zero attached hydrogens (tertiary/aromatic N) is 2. The van der Waals surface area contributed by atoms with Gasteiger partial charge < -0.3 is 19.8 Å². The van der Waals surface area contributed by atoms with Gasteiger partial charge in [0.15, 0.2) is 21.4 Å². The Bertz CT molecular complexity index is 2740. The molecule has 55 heavy (non-hydrogen) atoms. The van der Waals surface area contributed by atoms with Crippen LogP contribution >= 0.6 is 0 Å². The number of rotatable bonds is 10. The van der Waals surface area contributed by atoms with Crippen molar-refractivity contribution in [1.82, 2.24) is 19.3 Å². The van der Waals surface area contributed by atoms with Crippen LogP contribution in [0.1, 0.15) is 41.0 Å². The van der Waals surface area contributed by atoms with Crippen LogP contribution in [-0.2, 0) is 35.8 Å². The summed E-state index contributed by atoms with van der Waals surface area (Å²) in [6.07, 6.45) is 4.87. The quantitative estimate of drug-likeness (QED) is 0.111. The predicted octanol–water partition coefficient (Wildman–Crippen LogP) is 7.00. The molecule has 7 rings (SSSR count). The maximum Gasteiger partial charge on any atom is 0.330 e. The minimum atomic E-state index is -4.26. The molecule has 3 heterocycles. The number of aryl methyl sites for hydroxylation is 1. The molecule has 1 aliphatic heterocycles. The summed E-state index contributed by atoms with van der Waals surface area (Å²) < 4.78 is 112. The van der Waals surface area contributed by atoms with Crippen LogP contribution in [0.15, 0.2) is 94.9 Å². The number of hydrogen-bond acceptors (Lipinski definition) is 9. The molecule has 16 heteroatoms. The average Bonchev–Trinajstić information content (AvgIpc) is 3.77. The van der Waals surface area contributed by atoms with Crippen molar-refractivity contribution in [3.05, 3.63) is 131 Å². The lowest BCUT2D eigenvalue weighted by Gasteiger charge is -2.24. The molecule has 1 atom stereocenters. The summed E-state index contributed by atoms with van der Waals surface area (Å²) >= 11 is 0. The van der Waals surface area contributed by atoms with Crippen LogP contribution in [0.3, 0.4) is 0 Å². The summed E-state index contributed by atoms with van der Waals surface area (Å²) in [4.78, 5) is 18.9. The molecule has 2 aromatic heterocycles. The van der Waals surface area contributed by atoms with Gasteiger partial charge >= 0.3 is 5.97 Å². The van der Waals surface area contributed by atoms with E-state index in [9.17, 15) is 21.6 Å². The van der Waals surface area contributed by atoms with Gasteiger partial charge in [-0.2, -0.15) is 0 Å². The predicted molar refractivity (Wildman–Crippen MR) is 198 cm³/mol. The molecular formula is C39H33F3N4O7S2. The number of halogens is 3. The van der Waals surface area contributed by atoms with Gasteiger partial charge in [0.1, 0.15) is 28.1 Å². The molecule has 4 aromatic carbocycles. The van der Waals surface area contributed by atoms with Crippen molar-refractivity contribution in [3.8, 4) is 22.9 Å². The van der Waals surface area contributed by atoms with Gasteiger partial charge in [0.2, 0.25) is 0 Å². The van der Waals surface area contributed by atoms with Crippen molar-refractivity contribution in [2.75, 3.05) is 19.4 Å². The number of hydrogen-bond donors (Lipinski definition) is 2. The second kappa shape index (κ2) is 14.5. The van der Waals surface area contributed by atoms with E-state index < -0.39 is 60.0 Å². The largest absolute Gasteiger partial charge is 0.463 e. The molecule has 6 aromatic rings. The Balaban J connectivity index is 1.25. The minimum Gasteiger partial charge on any atom is -0.463 e. The molecule has 0 radical (unpaired) electrons. The number of aromatic nitrogens is 3. The maximum absolute atomic E-state index is 16.0. The summed E-state index contributed by atoms with van der Waals surface area (Å²) in [6.45, 7) is 4.05. The molecule has 1 aliphatic rings. The van der Waals surface area contributed by atoms with Gasteiger partial charge in [0, 0.05) is 59.8 Å². The van der Waals surface area contributed by atoms with E-state index in [1.165, 1.54) is 42.5 Å². The standard InChI is InChI=1S/C39H33F3N4O7S2/c1-4-52-33(47)15-10-23-6-5-7-27(34(23)42)35-36-31(16-18-43-35)44-39(45-36)28-20-24(11-14-29(28)40)53-37-30(41)21-32-26(38(37)54(3,48)49)17-19-46(32)55(50,51)25-12-8-22(2)9-13-25/h5-15,17,19-21,35,43H,4,16,18H2,1-3H3,(H,44,45)/b15-10+. The van der Waals surface area contributed by atoms with E-state index in [1.807, 2.05) is 0 Å². The number of aromatic amines is 1. The van der Waals surface area contributed by atoms with Crippen LogP contribution in [0.2, 0.25) is 0 Å². The Hall–Kier alpha value is -5.71. The highest BCUT2D eigenvalue weighted by Gasteiger charge is 2.31. The number of fused-ring (bicyclic) bond motifs is 2. The molecule has 0 spiro atoms. The van der Waals surface area contributed by atoms with Gasteiger partial charge in [0.05, 0.1) is 34.3 Å². The molecule has 0 saturated heterocycles. The Morgan fingerprint density at radius 3 is 2.49 bits per heavy atom. The van der Waals surface area contributed by atoms with Crippen molar-refractivity contribution >= 4 is 42.8 Å². The van der Waals surface area contributed by atoms with E-state index in [0.29, 0.717) is 24.4 Å². The van der Waals surface area contributed by atoms with Crippen molar-refractivity contribution in [2.45, 2.75) is 36.1 Å². The zero-order valence-electron chi connectivity index (χ0n) is 29.6. The topological polar surface area (TPSA) is 149 Å². The lowest BCUT2D eigenvalue weighted by molar-refractivity contribution is -0.137. The van der Waals surface area contributed by atoms with E-state index in [0.717, 1.165) is 40.2 Å². The maximum atomic E-state index is 16.0. The fraction of sp³-hybridized carbons (Fsp3) is 0.179. The molecule has 0 saturated carbocycles. The summed E-state index contributed by atoms with van der Waals surface area (Å²) in [5, 5.41) is 3.13. The Morgan fingerprint density at radius 2 is 1.76 bits per heavy atom. The minimum absolute atomic E-state index is 0.0538. The number of H-pyrrole nitrogens is 1. The van der Waals surface area contributed by atoms with Crippen LogP contribution in [0, 0.1) is 24.4 Å². The van der Waals surface area contributed by atoms with Gasteiger partial charge in [-0.3, -0.25) is 0 Å². The highest BCUT2D eigenvalue weighted by molar-refractivity contribution is 7.91. The third-order valence-corrected chi connectivity index (χ3v) is 11.9. The zero-order chi connectivity index (χ0) is 39.2. The van der Waals surface area contributed by atoms with Crippen LogP contribution in [0.4, 0.5) is 13.2 Å². The summed E-state index contributed by atoms with van der Waals surface area (Å²) in [5.74, 6) is -3.94. The summed E-state index contributed by atoms with van der Waals surface area (Å²) in [6, 6.07) is 15.5. The second-order valence-electron chi connectivity index (χ2n) is 12.8. The average molecular weight is 791 g/mol. The van der Waals surface area contributed by atoms with Crippen LogP contribution < -0.4 is 10.1 Å². The lowest BCUT2D eigenvalue weighted by Crippen LogP contribution is -2.31. The number of esters is 1. The molecule has 0 bridgehead atoms. The van der Waals surface area contributed by atoms with E-state index in [-0.39, 0.29) is 50.7 Å². The first-order chi connectivity index (χ1) is 26.2. The Kier molecular flexibility index (Phi) is 9.91. The van der Waals surface area contributed by atoms with Crippen molar-refractivity contribution in [2.24, 2.45) is 0 Å². The van der Waals surface area contributed by atoms with E-state index in [2.05, 4.69) is 15.3 Å². The second-order valence-corrected chi connectivity index (χ2v) is 16.6. The third kappa shape index (κ3) is 7.15. The first-order valence-corrected chi connectivity index (χ1v) is 20.3. The summed E-state index contributed by atoms with van der Waals surface area (Å²) in [5.41, 5.74) is 1.88. The molecule has 0 aliphatic carbocycles. The molecular weight excluding hydrogens is 758 g/mol. The van der Waals surface area contributed by atoms with Crippen LogP contribution in [0.25, 0.3) is 28.4 Å². The van der Waals surface area contributed by atoms with Gasteiger partial charge in [-0.25, -0.2) is 43.8 Å². The highest BCUT2D eigenvalue weighted by Crippen LogP contribution is 2.40. The van der Waals surface area contributed by atoms with Gasteiger partial charge in [0.25, 0.3) is 10.0 Å². The molecule has 11 nitrogen and oxygen atoms in total. The first kappa shape index (κ1) is 37.6. The van der Waals surface area contributed by atoms with Crippen molar-refractivity contribution in [1.29, 1.82) is 0 Å². The molecule has 1 unspecified atom stereocenters. The number of benzene rings is 4. The van der Waals surface area contributed by atoms with E-state index in [1.54, 1.807) is 38.1 Å². The Morgan fingerprint density at radius 1 is 1.00 bits per heavy atom. The molecule has 0 fully saturated rings. The van der Waals surface area contributed by atoms with Crippen LogP contribution in [-0.4, -0.2) is 56.2 Å². The van der Waals surface area contributed by atoms with Gasteiger partial charge in [-0.15, -0.1) is 0 Å². The van der Waals surface area contributed by atoms with E-state index in [4.69, 9.17) is 9.47 Å². The summed E-state index contributed by atoms with van der Waals surface area (Å²) in [7, 11) is -8.51. The molecule has 2 N–H and O–H groups in total. The smallest absolute Gasteiger partial charge is 0.330 e. The number of carbonyl (C=O) groups excluding carboxylic acids is 1. The Labute approximate surface area is 314 Å². The molecule has 284 valence electrons. The fourth-order valence-corrected chi connectivity index (χ4v) is 8.87. The number of sulfone groups is 1. The van der Waals surface area contributed by atoms with Gasteiger partial charge in [-0.1, -0.05) is 35.9 Å². The SMILES string of the molecule is CCOC(=O)/C=C/c1cccc(C2NCCc3[nH]c(-c4cc(Oc5c(F)cc6c(ccn6S(=O)(=O)c6ccc(C)cc6)c5S(C)(=O)=O)ccc4F)nc32)c1F. The molecule has 0 amide bonds. The normalized spacial score (nSPS) is 14.7. The number of nitrogens with one attached hydrogen (secondary N) is 2. The van der Waals surface area contributed by atoms with Crippen molar-refractivity contribution in [3.63, 3.8) is 0 Å². The first-order valence-electron chi connectivity index (χ1n) is 17.0. The van der Waals surface area contributed by atoms with Crippen molar-refractivity contribution < 1.29 is 44.3 Å². The zero-order valence-corrected chi connectivity index (χ0v) is 31.2. The number of imidazole rings is 1. The monoisotopic (exact) mass is 790 g/mol. The van der Waals surface area contributed by atoms with Crippen LogP contribution in [0.5, 0.6) is 11.5 Å². The van der Waals surface area contributed by atoms with Gasteiger partial charge in [-0.05, 0) is 56.3 Å². The number of carbonyl (C=O) groups is 1. The van der Waals surface area contributed by atoms with E-state index >= 15 is 13.2 Å². The third-order valence-electron chi connectivity index (χ3n) is 9.05. The number of ether oxygens (including phenoxy) is 2. The fourth-order valence-electron chi connectivity index (χ4n) is 6.48. The lowest BCUT2D eigenvalue weighted by atomic mass is 9.95.